The minimum Gasteiger partial charge on any atom is -0.554 e. The molecule has 0 heterocycles. The Morgan fingerprint density at radius 3 is 1.71 bits per heavy atom. The number of rotatable bonds is 0. The van der Waals surface area contributed by atoms with Crippen molar-refractivity contribution >= 4 is 23.5 Å². The molecular weight excluding hydrogens is 123 g/mol. The average molecular weight is 124 g/mol. The topological polar surface area (TPSA) is 80.3 Å². The maximum atomic E-state index is 8.65. The highest BCUT2D eigenvalue weighted by atomic mass is 35.5. The predicted octanol–water partition coefficient (Wildman–Crippen LogP) is -2.07. The Morgan fingerprint density at radius 1 is 1.71 bits per heavy atom. The lowest BCUT2D eigenvalue weighted by atomic mass is 11.6. The van der Waals surface area contributed by atoms with Gasteiger partial charge in [0.15, 0.2) is 0 Å². The van der Waals surface area contributed by atoms with Gasteiger partial charge in [-0.1, -0.05) is 11.6 Å². The van der Waals surface area contributed by atoms with Crippen LogP contribution >= 0.6 is 11.6 Å². The molecule has 0 radical (unpaired) electrons. The summed E-state index contributed by atoms with van der Waals surface area (Å²) < 4.78 is 0. The minimum atomic E-state index is -1.61. The van der Waals surface area contributed by atoms with Crippen LogP contribution in [-0.2, 0) is 4.79 Å². The van der Waals surface area contributed by atoms with E-state index in [0.717, 1.165) is 0 Å². The van der Waals surface area contributed by atoms with Crippen LogP contribution in [0, 0.1) is 0 Å². The lowest BCUT2D eigenvalue weighted by molar-refractivity contribution is -0.283. The van der Waals surface area contributed by atoms with Crippen molar-refractivity contribution in [3.8, 4) is 0 Å². The number of carbonyl (C=O) groups excluding carboxylic acids is 2. The number of hydrogen-bond acceptors (Lipinski definition) is 4. The molecular formula is C2HClO4-2. The van der Waals surface area contributed by atoms with E-state index in [1.807, 2.05) is 0 Å². The van der Waals surface area contributed by atoms with Crippen molar-refractivity contribution in [2.75, 3.05) is 0 Å². The van der Waals surface area contributed by atoms with Crippen LogP contribution < -0.4 is 10.2 Å². The summed E-state index contributed by atoms with van der Waals surface area (Å²) in [6, 6.07) is 0. The highest BCUT2D eigenvalue weighted by Crippen LogP contribution is 1.60. The Kier molecular flexibility index (Phi) is 12.2. The summed E-state index contributed by atoms with van der Waals surface area (Å²) in [5.74, 6) is 0. The van der Waals surface area contributed by atoms with Crippen LogP contribution in [0.1, 0.15) is 0 Å². The van der Waals surface area contributed by atoms with Crippen LogP contribution in [0.3, 0.4) is 0 Å². The molecule has 0 aromatic carbocycles. The number of hydrogen-bond donors (Lipinski definition) is 0. The summed E-state index contributed by atoms with van der Waals surface area (Å²) in [7, 11) is 0. The van der Waals surface area contributed by atoms with E-state index in [1.54, 1.807) is 0 Å². The molecule has 0 aliphatic carbocycles. The standard InChI is InChI=1S/CHClO2.CH2O2/c2-1(3)4;2-1-3/h(H,3,4);1H,(H,2,3)/p-2. The van der Waals surface area contributed by atoms with Crippen LogP contribution in [0.25, 0.3) is 0 Å². The third-order valence-electron chi connectivity index (χ3n) is 0. The first kappa shape index (κ1) is 9.52. The van der Waals surface area contributed by atoms with Gasteiger partial charge in [-0.2, -0.15) is 0 Å². The fraction of sp³-hybridized carbons (Fsp3) is 0. The normalized spacial score (nSPS) is 5.29. The third kappa shape index (κ3) is 92.0. The number of halogens is 1. The van der Waals surface area contributed by atoms with Gasteiger partial charge in [-0.25, -0.2) is 0 Å². The lowest BCUT2D eigenvalue weighted by Gasteiger charge is -1.73. The fourth-order valence-electron chi connectivity index (χ4n) is 0. The molecule has 0 saturated carbocycles. The average Bonchev–Trinajstić information content (AvgIpc) is 1.33. The van der Waals surface area contributed by atoms with Crippen molar-refractivity contribution in [3.05, 3.63) is 0 Å². The zero-order valence-electron chi connectivity index (χ0n) is 3.09. The van der Waals surface area contributed by atoms with Crippen molar-refractivity contribution in [1.29, 1.82) is 0 Å². The summed E-state index contributed by atoms with van der Waals surface area (Å²) in [6.45, 7) is -0.500. The van der Waals surface area contributed by atoms with Crippen LogP contribution in [-0.4, -0.2) is 11.9 Å². The Morgan fingerprint density at radius 2 is 1.71 bits per heavy atom. The molecule has 0 aromatic rings. The summed E-state index contributed by atoms with van der Waals surface area (Å²) in [4.78, 5) is 16.9. The molecule has 0 rings (SSSR count). The maximum absolute atomic E-state index is 8.65. The Labute approximate surface area is 44.3 Å². The van der Waals surface area contributed by atoms with Gasteiger partial charge in [0.25, 0.3) is 0 Å². The second kappa shape index (κ2) is 8.97. The van der Waals surface area contributed by atoms with Crippen molar-refractivity contribution in [2.45, 2.75) is 0 Å². The molecule has 7 heavy (non-hydrogen) atoms. The van der Waals surface area contributed by atoms with Gasteiger partial charge in [0, 0.05) is 6.47 Å². The van der Waals surface area contributed by atoms with Gasteiger partial charge in [0.05, 0.1) is 0 Å². The molecule has 0 aromatic heterocycles. The van der Waals surface area contributed by atoms with Crippen molar-refractivity contribution < 1.29 is 19.8 Å². The Bertz CT molecular complexity index is 56.7. The first-order chi connectivity index (χ1) is 3.15. The molecule has 0 unspecified atom stereocenters. The molecule has 4 nitrogen and oxygen atoms in total. The highest BCUT2D eigenvalue weighted by molar-refractivity contribution is 6.59. The highest BCUT2D eigenvalue weighted by Gasteiger charge is 1.51. The summed E-state index contributed by atoms with van der Waals surface area (Å²) in [6.07, 6.45) is 0. The molecule has 0 N–H and O–H groups in total. The van der Waals surface area contributed by atoms with Gasteiger partial charge in [-0.15, -0.1) is 0 Å². The molecule has 0 aliphatic heterocycles. The lowest BCUT2D eigenvalue weighted by Crippen LogP contribution is -2.11. The van der Waals surface area contributed by atoms with E-state index in [-0.39, 0.29) is 0 Å². The van der Waals surface area contributed by atoms with Gasteiger partial charge in [-0.3, -0.25) is 0 Å². The second-order valence-corrected chi connectivity index (χ2v) is 0.642. The number of carboxylic acid groups (broad SMARTS) is 2. The van der Waals surface area contributed by atoms with Gasteiger partial charge >= 0.3 is 0 Å². The summed E-state index contributed by atoms with van der Waals surface area (Å²) in [5.41, 5.74) is -1.61. The predicted molar refractivity (Wildman–Crippen MR) is 17.3 cm³/mol. The Hall–Kier alpha value is -0.770. The summed E-state index contributed by atoms with van der Waals surface area (Å²) >= 11 is 4.08. The third-order valence-corrected chi connectivity index (χ3v) is 0. The zero-order chi connectivity index (χ0) is 6.28. The zero-order valence-corrected chi connectivity index (χ0v) is 3.84. The van der Waals surface area contributed by atoms with E-state index in [9.17, 15) is 0 Å². The first-order valence-electron chi connectivity index (χ1n) is 1.07. The second-order valence-electron chi connectivity index (χ2n) is 0.334. The van der Waals surface area contributed by atoms with Crippen LogP contribution in [0.5, 0.6) is 0 Å². The van der Waals surface area contributed by atoms with E-state index in [4.69, 9.17) is 19.8 Å². The van der Waals surface area contributed by atoms with Gasteiger partial charge < -0.3 is 19.8 Å². The van der Waals surface area contributed by atoms with Crippen molar-refractivity contribution in [1.82, 2.24) is 0 Å². The fourth-order valence-corrected chi connectivity index (χ4v) is 0. The van der Waals surface area contributed by atoms with Crippen LogP contribution in [0.2, 0.25) is 0 Å². The first-order valence-corrected chi connectivity index (χ1v) is 1.45. The van der Waals surface area contributed by atoms with Crippen LogP contribution in [0.15, 0.2) is 0 Å². The molecule has 0 spiro atoms. The van der Waals surface area contributed by atoms with Crippen molar-refractivity contribution in [3.63, 3.8) is 0 Å². The molecule has 0 saturated heterocycles. The maximum Gasteiger partial charge on any atom is 0.134 e. The van der Waals surface area contributed by atoms with Gasteiger partial charge in [-0.05, 0) is 0 Å². The Balaban J connectivity index is 0. The molecule has 0 fully saturated rings. The van der Waals surface area contributed by atoms with Crippen LogP contribution in [0.4, 0.5) is 4.79 Å². The van der Waals surface area contributed by atoms with Gasteiger partial charge in [0.2, 0.25) is 0 Å². The van der Waals surface area contributed by atoms with E-state index in [0.29, 0.717) is 0 Å². The quantitative estimate of drug-likeness (QED) is 0.275. The van der Waals surface area contributed by atoms with E-state index in [2.05, 4.69) is 11.6 Å². The SMILES string of the molecule is O=C([O-])Cl.O=C[O-]. The van der Waals surface area contributed by atoms with Gasteiger partial charge in [0.1, 0.15) is 5.43 Å². The van der Waals surface area contributed by atoms with E-state index in [1.165, 1.54) is 0 Å². The summed E-state index contributed by atoms with van der Waals surface area (Å²) in [5, 5.41) is 16.9. The largest absolute Gasteiger partial charge is 0.554 e. The van der Waals surface area contributed by atoms with Crippen molar-refractivity contribution in [2.24, 2.45) is 0 Å². The van der Waals surface area contributed by atoms with E-state index >= 15 is 0 Å². The molecule has 0 aliphatic rings. The molecule has 0 atom stereocenters. The molecule has 0 amide bonds. The molecule has 5 heteroatoms. The monoisotopic (exact) mass is 124 g/mol. The smallest absolute Gasteiger partial charge is 0.134 e. The minimum absolute atomic E-state index is 0.500. The molecule has 0 bridgehead atoms. The molecule has 42 valence electrons. The number of carbonyl (C=O) groups is 2. The van der Waals surface area contributed by atoms with E-state index < -0.39 is 11.9 Å².